The van der Waals surface area contributed by atoms with Crippen LogP contribution in [0.2, 0.25) is 0 Å². The first-order valence-electron chi connectivity index (χ1n) is 10.2. The highest BCUT2D eigenvalue weighted by Gasteiger charge is 2.49. The molecule has 0 aromatic rings. The molecule has 0 N–H and O–H groups in total. The van der Waals surface area contributed by atoms with Crippen molar-refractivity contribution in [1.82, 2.24) is 0 Å². The van der Waals surface area contributed by atoms with Crippen LogP contribution in [0.3, 0.4) is 0 Å². The number of hydrogen-bond acceptors (Lipinski definition) is 3. The summed E-state index contributed by atoms with van der Waals surface area (Å²) in [6.45, 7) is 23.0. The van der Waals surface area contributed by atoms with E-state index in [9.17, 15) is 4.79 Å². The first-order valence-corrected chi connectivity index (χ1v) is 10.7. The Bertz CT molecular complexity index is 470. The zero-order valence-electron chi connectivity index (χ0n) is 18.9. The largest absolute Gasteiger partial charge is 0.459 e. The van der Waals surface area contributed by atoms with Gasteiger partial charge in [0.15, 0.2) is 0 Å². The van der Waals surface area contributed by atoms with Crippen LogP contribution in [0.15, 0.2) is 12.2 Å². The lowest BCUT2D eigenvalue weighted by molar-refractivity contribution is -0.179. The van der Waals surface area contributed by atoms with E-state index in [4.69, 9.17) is 17.4 Å². The minimum absolute atomic E-state index is 0.101. The highest BCUT2D eigenvalue weighted by molar-refractivity contribution is 7.81. The lowest BCUT2D eigenvalue weighted by Gasteiger charge is -2.45. The summed E-state index contributed by atoms with van der Waals surface area (Å²) in [5.74, 6) is -0.101. The molecule has 2 atom stereocenters. The van der Waals surface area contributed by atoms with Crippen molar-refractivity contribution in [2.24, 2.45) is 10.8 Å². The molecule has 26 heavy (non-hydrogen) atoms. The monoisotopic (exact) mass is 384 g/mol. The number of allylic oxidation sites excluding steroid dienone is 1. The lowest BCUT2D eigenvalue weighted by Crippen LogP contribution is -2.48. The Morgan fingerprint density at radius 2 is 1.54 bits per heavy atom. The summed E-state index contributed by atoms with van der Waals surface area (Å²) in [7, 11) is 0. The molecular weight excluding hydrogens is 340 g/mol. The molecule has 0 saturated carbocycles. The highest BCUT2D eigenvalue weighted by Crippen LogP contribution is 2.47. The second-order valence-corrected chi connectivity index (χ2v) is 11.3. The molecule has 0 bridgehead atoms. The number of rotatable bonds is 11. The van der Waals surface area contributed by atoms with E-state index in [-0.39, 0.29) is 16.1 Å². The average molecular weight is 385 g/mol. The maximum absolute atomic E-state index is 13.3. The van der Waals surface area contributed by atoms with Gasteiger partial charge in [-0.15, -0.1) is 0 Å². The lowest BCUT2D eigenvalue weighted by atomic mass is 9.64. The minimum Gasteiger partial charge on any atom is -0.459 e. The van der Waals surface area contributed by atoms with Crippen molar-refractivity contribution in [2.45, 2.75) is 118 Å². The van der Waals surface area contributed by atoms with Crippen LogP contribution in [0.4, 0.5) is 0 Å². The van der Waals surface area contributed by atoms with Gasteiger partial charge in [0, 0.05) is 4.75 Å². The van der Waals surface area contributed by atoms with Crippen molar-refractivity contribution < 1.29 is 9.53 Å². The molecule has 0 amide bonds. The van der Waals surface area contributed by atoms with Crippen LogP contribution in [0.1, 0.15) is 107 Å². The third kappa shape index (κ3) is 8.06. The SMILES string of the molecule is C=C(CCCC)CCC(C)(CC)OC(=O)C(C)(CC(C)(C)S)C(C)(C)C. The summed E-state index contributed by atoms with van der Waals surface area (Å²) in [6.07, 6.45) is 6.67. The molecule has 0 rings (SSSR count). The van der Waals surface area contributed by atoms with Gasteiger partial charge in [0.1, 0.15) is 5.60 Å². The van der Waals surface area contributed by atoms with Crippen molar-refractivity contribution in [2.75, 3.05) is 0 Å². The first kappa shape index (κ1) is 25.6. The maximum Gasteiger partial charge on any atom is 0.312 e. The number of thiol groups is 1. The Morgan fingerprint density at radius 3 is 1.92 bits per heavy atom. The molecule has 0 radical (unpaired) electrons. The quantitative estimate of drug-likeness (QED) is 0.228. The standard InChI is InChI=1S/C23H44O2S/c1-11-13-14-18(3)15-16-22(9,12-2)25-19(24)23(10,20(4,5)6)17-21(7,8)26/h26H,3,11-17H2,1-2,4-10H3. The third-order valence-corrected chi connectivity index (χ3v) is 6.03. The van der Waals surface area contributed by atoms with Crippen LogP contribution in [0.25, 0.3) is 0 Å². The van der Waals surface area contributed by atoms with E-state index in [1.165, 1.54) is 18.4 Å². The van der Waals surface area contributed by atoms with Gasteiger partial charge in [-0.25, -0.2) is 0 Å². The predicted molar refractivity (Wildman–Crippen MR) is 118 cm³/mol. The van der Waals surface area contributed by atoms with Crippen LogP contribution in [-0.4, -0.2) is 16.3 Å². The molecule has 0 aromatic carbocycles. The van der Waals surface area contributed by atoms with Crippen molar-refractivity contribution in [3.05, 3.63) is 12.2 Å². The fourth-order valence-corrected chi connectivity index (χ4v) is 3.45. The van der Waals surface area contributed by atoms with Gasteiger partial charge in [0.05, 0.1) is 5.41 Å². The topological polar surface area (TPSA) is 26.3 Å². The molecule has 154 valence electrons. The molecule has 2 unspecified atom stereocenters. The summed E-state index contributed by atoms with van der Waals surface area (Å²) in [4.78, 5) is 13.3. The van der Waals surface area contributed by atoms with Crippen molar-refractivity contribution in [3.63, 3.8) is 0 Å². The molecular formula is C23H44O2S. The van der Waals surface area contributed by atoms with E-state index in [1.807, 2.05) is 6.92 Å². The van der Waals surface area contributed by atoms with Crippen LogP contribution >= 0.6 is 12.6 Å². The molecule has 2 nitrogen and oxygen atoms in total. The fraction of sp³-hybridized carbons (Fsp3) is 0.870. The normalized spacial score (nSPS) is 17.3. The molecule has 0 aliphatic heterocycles. The number of esters is 1. The van der Waals surface area contributed by atoms with Crippen LogP contribution in [-0.2, 0) is 9.53 Å². The van der Waals surface area contributed by atoms with Crippen LogP contribution in [0.5, 0.6) is 0 Å². The Balaban J connectivity index is 5.25. The van der Waals surface area contributed by atoms with E-state index >= 15 is 0 Å². The zero-order chi connectivity index (χ0) is 20.8. The van der Waals surface area contributed by atoms with Gasteiger partial charge < -0.3 is 4.74 Å². The summed E-state index contributed by atoms with van der Waals surface area (Å²) in [5, 5.41) is 0. The molecule has 0 saturated heterocycles. The van der Waals surface area contributed by atoms with E-state index in [0.717, 1.165) is 25.7 Å². The molecule has 0 fully saturated rings. The smallest absolute Gasteiger partial charge is 0.312 e. The fourth-order valence-electron chi connectivity index (χ4n) is 3.14. The van der Waals surface area contributed by atoms with Gasteiger partial charge in [-0.3, -0.25) is 4.79 Å². The van der Waals surface area contributed by atoms with Gasteiger partial charge in [-0.05, 0) is 57.8 Å². The Hall–Kier alpha value is -0.440. The van der Waals surface area contributed by atoms with E-state index < -0.39 is 11.0 Å². The number of hydrogen-bond donors (Lipinski definition) is 1. The first-order chi connectivity index (χ1) is 11.6. The van der Waals surface area contributed by atoms with Gasteiger partial charge in [0.2, 0.25) is 0 Å². The van der Waals surface area contributed by atoms with Gasteiger partial charge in [0.25, 0.3) is 0 Å². The molecule has 0 aliphatic carbocycles. The summed E-state index contributed by atoms with van der Waals surface area (Å²) in [5.41, 5.74) is 0.0225. The van der Waals surface area contributed by atoms with Gasteiger partial charge in [-0.2, -0.15) is 12.6 Å². The predicted octanol–water partition coefficient (Wildman–Crippen LogP) is 7.38. The van der Waals surface area contributed by atoms with Gasteiger partial charge in [-0.1, -0.05) is 67.0 Å². The van der Waals surface area contributed by atoms with Gasteiger partial charge >= 0.3 is 5.97 Å². The summed E-state index contributed by atoms with van der Waals surface area (Å²) >= 11 is 4.69. The van der Waals surface area contributed by atoms with Crippen LogP contribution in [0, 0.1) is 10.8 Å². The van der Waals surface area contributed by atoms with Crippen molar-refractivity contribution >= 4 is 18.6 Å². The molecule has 0 aromatic heterocycles. The second-order valence-electron chi connectivity index (χ2n) is 10.1. The third-order valence-electron chi connectivity index (χ3n) is 5.87. The van der Waals surface area contributed by atoms with E-state index in [0.29, 0.717) is 6.42 Å². The number of carbonyl (C=O) groups excluding carboxylic acids is 1. The summed E-state index contributed by atoms with van der Waals surface area (Å²) in [6, 6.07) is 0. The van der Waals surface area contributed by atoms with Crippen molar-refractivity contribution in [3.8, 4) is 0 Å². The molecule has 0 heterocycles. The molecule has 0 spiro atoms. The van der Waals surface area contributed by atoms with E-state index in [2.05, 4.69) is 62.0 Å². The Labute approximate surface area is 169 Å². The number of unbranched alkanes of at least 4 members (excludes halogenated alkanes) is 1. The van der Waals surface area contributed by atoms with Crippen LogP contribution < -0.4 is 0 Å². The summed E-state index contributed by atoms with van der Waals surface area (Å²) < 4.78 is 5.93. The Morgan fingerprint density at radius 1 is 1.00 bits per heavy atom. The number of ether oxygens (including phenoxy) is 1. The molecule has 0 aliphatic rings. The minimum atomic E-state index is -0.589. The number of carbonyl (C=O) groups is 1. The Kier molecular flexibility index (Phi) is 9.50. The zero-order valence-corrected chi connectivity index (χ0v) is 19.8. The maximum atomic E-state index is 13.3. The van der Waals surface area contributed by atoms with E-state index in [1.54, 1.807) is 0 Å². The average Bonchev–Trinajstić information content (AvgIpc) is 2.48. The highest BCUT2D eigenvalue weighted by atomic mass is 32.1. The molecule has 3 heteroatoms. The van der Waals surface area contributed by atoms with Crippen molar-refractivity contribution in [1.29, 1.82) is 0 Å². The second kappa shape index (κ2) is 9.66.